The Labute approximate surface area is 151 Å². The zero-order valence-electron chi connectivity index (χ0n) is 14.2. The Balaban J connectivity index is 1.39. The average molecular weight is 364 g/mol. The molecule has 3 aliphatic rings. The van der Waals surface area contributed by atoms with Crippen molar-refractivity contribution in [2.75, 3.05) is 32.9 Å². The van der Waals surface area contributed by atoms with Crippen molar-refractivity contribution in [3.63, 3.8) is 0 Å². The predicted octanol–water partition coefficient (Wildman–Crippen LogP) is 1.52. The van der Waals surface area contributed by atoms with Crippen molar-refractivity contribution >= 4 is 23.2 Å². The molecule has 0 spiro atoms. The van der Waals surface area contributed by atoms with E-state index in [-0.39, 0.29) is 29.9 Å². The second kappa shape index (κ2) is 7.43. The van der Waals surface area contributed by atoms with Crippen LogP contribution in [0.15, 0.2) is 16.8 Å². The van der Waals surface area contributed by atoms with Gasteiger partial charge in [-0.2, -0.15) is 11.3 Å². The molecule has 0 radical (unpaired) electrons. The quantitative estimate of drug-likeness (QED) is 0.880. The van der Waals surface area contributed by atoms with E-state index in [4.69, 9.17) is 9.47 Å². The molecule has 3 fully saturated rings. The predicted molar refractivity (Wildman–Crippen MR) is 93.5 cm³/mol. The fraction of sp³-hybridized carbons (Fsp3) is 0.667. The SMILES string of the molecule is O=C(NCC1CCOCC1)[C@@H]1CN(C(=O)c2ccsc2)[C@H]2CCO[C@H]12. The molecule has 0 aromatic carbocycles. The molecule has 0 unspecified atom stereocenters. The molecule has 3 saturated heterocycles. The summed E-state index contributed by atoms with van der Waals surface area (Å²) >= 11 is 1.51. The fourth-order valence-corrected chi connectivity index (χ4v) is 4.74. The van der Waals surface area contributed by atoms with Crippen LogP contribution in [0.1, 0.15) is 29.6 Å². The van der Waals surface area contributed by atoms with Gasteiger partial charge in [-0.1, -0.05) is 0 Å². The maximum absolute atomic E-state index is 12.8. The molecule has 136 valence electrons. The third-order valence-corrected chi connectivity index (χ3v) is 6.25. The number of ether oxygens (including phenoxy) is 2. The summed E-state index contributed by atoms with van der Waals surface area (Å²) < 4.78 is 11.2. The van der Waals surface area contributed by atoms with Gasteiger partial charge in [0.15, 0.2) is 0 Å². The van der Waals surface area contributed by atoms with Crippen molar-refractivity contribution in [2.24, 2.45) is 11.8 Å². The van der Waals surface area contributed by atoms with Gasteiger partial charge in [0.1, 0.15) is 0 Å². The summed E-state index contributed by atoms with van der Waals surface area (Å²) in [6.45, 7) is 3.31. The highest BCUT2D eigenvalue weighted by Crippen LogP contribution is 2.34. The molecule has 0 bridgehead atoms. The van der Waals surface area contributed by atoms with E-state index in [0.717, 1.165) is 32.5 Å². The van der Waals surface area contributed by atoms with E-state index < -0.39 is 0 Å². The number of nitrogens with zero attached hydrogens (tertiary/aromatic N) is 1. The highest BCUT2D eigenvalue weighted by Gasteiger charge is 2.50. The number of thiophene rings is 1. The number of carbonyl (C=O) groups excluding carboxylic acids is 2. The van der Waals surface area contributed by atoms with Gasteiger partial charge >= 0.3 is 0 Å². The Kier molecular flexibility index (Phi) is 5.05. The van der Waals surface area contributed by atoms with Crippen molar-refractivity contribution in [1.29, 1.82) is 0 Å². The molecule has 4 heterocycles. The monoisotopic (exact) mass is 364 g/mol. The van der Waals surface area contributed by atoms with Crippen molar-refractivity contribution in [3.05, 3.63) is 22.4 Å². The molecule has 6 nitrogen and oxygen atoms in total. The van der Waals surface area contributed by atoms with E-state index in [1.54, 1.807) is 0 Å². The lowest BCUT2D eigenvalue weighted by atomic mass is 9.98. The third-order valence-electron chi connectivity index (χ3n) is 5.57. The van der Waals surface area contributed by atoms with Gasteiger partial charge in [0.2, 0.25) is 5.91 Å². The van der Waals surface area contributed by atoms with Crippen LogP contribution in [-0.4, -0.2) is 61.8 Å². The first kappa shape index (κ1) is 17.0. The minimum absolute atomic E-state index is 0.0153. The Hall–Kier alpha value is -1.44. The highest BCUT2D eigenvalue weighted by molar-refractivity contribution is 7.08. The van der Waals surface area contributed by atoms with Crippen LogP contribution in [0.5, 0.6) is 0 Å². The molecule has 3 aliphatic heterocycles. The second-order valence-corrected chi connectivity index (χ2v) is 7.85. The number of likely N-dealkylation sites (tertiary alicyclic amines) is 1. The topological polar surface area (TPSA) is 67.9 Å². The number of carbonyl (C=O) groups is 2. The van der Waals surface area contributed by atoms with Crippen LogP contribution in [0.3, 0.4) is 0 Å². The van der Waals surface area contributed by atoms with E-state index in [2.05, 4.69) is 5.32 Å². The number of rotatable bonds is 4. The minimum Gasteiger partial charge on any atom is -0.381 e. The Morgan fingerprint density at radius 1 is 1.24 bits per heavy atom. The molecular weight excluding hydrogens is 340 g/mol. The van der Waals surface area contributed by atoms with Gasteiger partial charge in [0.05, 0.1) is 23.6 Å². The minimum atomic E-state index is -0.269. The number of hydrogen-bond donors (Lipinski definition) is 1. The van der Waals surface area contributed by atoms with Crippen LogP contribution in [0.4, 0.5) is 0 Å². The van der Waals surface area contributed by atoms with Crippen molar-refractivity contribution in [3.8, 4) is 0 Å². The van der Waals surface area contributed by atoms with E-state index >= 15 is 0 Å². The molecule has 7 heteroatoms. The molecule has 1 aromatic rings. The van der Waals surface area contributed by atoms with E-state index in [1.165, 1.54) is 11.3 Å². The van der Waals surface area contributed by atoms with Gasteiger partial charge in [-0.25, -0.2) is 0 Å². The van der Waals surface area contributed by atoms with Crippen LogP contribution in [-0.2, 0) is 14.3 Å². The summed E-state index contributed by atoms with van der Waals surface area (Å²) in [4.78, 5) is 27.3. The Morgan fingerprint density at radius 2 is 2.08 bits per heavy atom. The van der Waals surface area contributed by atoms with Crippen LogP contribution < -0.4 is 5.32 Å². The maximum atomic E-state index is 12.8. The van der Waals surface area contributed by atoms with Crippen molar-refractivity contribution < 1.29 is 19.1 Å². The lowest BCUT2D eigenvalue weighted by molar-refractivity contribution is -0.128. The summed E-state index contributed by atoms with van der Waals surface area (Å²) in [5, 5.41) is 6.86. The summed E-state index contributed by atoms with van der Waals surface area (Å²) in [7, 11) is 0. The van der Waals surface area contributed by atoms with Gasteiger partial charge in [0.25, 0.3) is 5.91 Å². The smallest absolute Gasteiger partial charge is 0.255 e. The molecule has 0 aliphatic carbocycles. The van der Waals surface area contributed by atoms with Gasteiger partial charge in [-0.15, -0.1) is 0 Å². The van der Waals surface area contributed by atoms with Gasteiger partial charge in [-0.05, 0) is 36.6 Å². The Bertz CT molecular complexity index is 615. The van der Waals surface area contributed by atoms with Gasteiger partial charge < -0.3 is 19.7 Å². The molecule has 4 rings (SSSR count). The van der Waals surface area contributed by atoms with Crippen LogP contribution in [0.2, 0.25) is 0 Å². The van der Waals surface area contributed by atoms with E-state index in [0.29, 0.717) is 31.2 Å². The first-order valence-electron chi connectivity index (χ1n) is 9.04. The molecule has 3 atom stereocenters. The second-order valence-electron chi connectivity index (χ2n) is 7.07. The van der Waals surface area contributed by atoms with Crippen LogP contribution >= 0.6 is 11.3 Å². The average Bonchev–Trinajstić information content (AvgIpc) is 3.36. The highest BCUT2D eigenvalue weighted by atomic mass is 32.1. The Morgan fingerprint density at radius 3 is 2.84 bits per heavy atom. The molecule has 0 saturated carbocycles. The standard InChI is InChI=1S/C18H24N2O4S/c21-17(19-9-12-1-5-23-6-2-12)14-10-20(15-3-7-24-16(14)15)18(22)13-4-8-25-11-13/h4,8,11-12,14-16H,1-3,5-7,9-10H2,(H,19,21)/t14-,15+,16-/m1/s1. The normalized spacial score (nSPS) is 29.6. The number of fused-ring (bicyclic) bond motifs is 1. The first-order valence-corrected chi connectivity index (χ1v) is 9.98. The molecule has 1 N–H and O–H groups in total. The molecule has 2 amide bonds. The summed E-state index contributed by atoms with van der Waals surface area (Å²) in [5.41, 5.74) is 0.707. The lowest BCUT2D eigenvalue weighted by Gasteiger charge is -2.23. The van der Waals surface area contributed by atoms with Gasteiger partial charge in [0, 0.05) is 38.3 Å². The van der Waals surface area contributed by atoms with Gasteiger partial charge in [-0.3, -0.25) is 9.59 Å². The van der Waals surface area contributed by atoms with Crippen molar-refractivity contribution in [2.45, 2.75) is 31.4 Å². The molecule has 1 aromatic heterocycles. The van der Waals surface area contributed by atoms with Crippen LogP contribution in [0, 0.1) is 11.8 Å². The number of nitrogens with one attached hydrogen (secondary N) is 1. The molecular formula is C18H24N2O4S. The third kappa shape index (κ3) is 3.45. The zero-order valence-corrected chi connectivity index (χ0v) is 15.0. The zero-order chi connectivity index (χ0) is 17.2. The van der Waals surface area contributed by atoms with Crippen LogP contribution in [0.25, 0.3) is 0 Å². The van der Waals surface area contributed by atoms with E-state index in [9.17, 15) is 9.59 Å². The number of amides is 2. The summed E-state index contributed by atoms with van der Waals surface area (Å²) in [5.74, 6) is 0.253. The lowest BCUT2D eigenvalue weighted by Crippen LogP contribution is -2.40. The summed E-state index contributed by atoms with van der Waals surface area (Å²) in [6, 6.07) is 1.86. The fourth-order valence-electron chi connectivity index (χ4n) is 4.11. The summed E-state index contributed by atoms with van der Waals surface area (Å²) in [6.07, 6.45) is 2.63. The largest absolute Gasteiger partial charge is 0.381 e. The van der Waals surface area contributed by atoms with Crippen molar-refractivity contribution in [1.82, 2.24) is 10.2 Å². The molecule has 25 heavy (non-hydrogen) atoms. The first-order chi connectivity index (χ1) is 12.2. The maximum Gasteiger partial charge on any atom is 0.255 e. The van der Waals surface area contributed by atoms with E-state index in [1.807, 2.05) is 21.7 Å². The number of hydrogen-bond acceptors (Lipinski definition) is 5.